The fourth-order valence-electron chi connectivity index (χ4n) is 3.75. The van der Waals surface area contributed by atoms with Gasteiger partial charge < -0.3 is 10.8 Å². The van der Waals surface area contributed by atoms with Crippen molar-refractivity contribution >= 4 is 65.1 Å². The van der Waals surface area contributed by atoms with Gasteiger partial charge in [-0.2, -0.15) is 27.1 Å². The van der Waals surface area contributed by atoms with E-state index in [1.165, 1.54) is 24.3 Å². The maximum atomic E-state index is 12.7. The lowest BCUT2D eigenvalue weighted by molar-refractivity contribution is -0.384. The molecule has 4 aromatic carbocycles. The van der Waals surface area contributed by atoms with Crippen LogP contribution in [-0.4, -0.2) is 38.5 Å². The van der Waals surface area contributed by atoms with Crippen LogP contribution in [0.1, 0.15) is 5.56 Å². The largest absolute Gasteiger partial charge is 0.505 e. The van der Waals surface area contributed by atoms with Gasteiger partial charge in [0.2, 0.25) is 0 Å². The summed E-state index contributed by atoms with van der Waals surface area (Å²) in [7, 11) is -8.24. The summed E-state index contributed by atoms with van der Waals surface area (Å²) >= 11 is 0. The Labute approximate surface area is 232 Å². The maximum Gasteiger partial charge on any atom is 0.299 e. The van der Waals surface area contributed by atoms with Gasteiger partial charge in [-0.25, -0.2) is 0 Å². The second kappa shape index (κ2) is 11.3. The highest BCUT2D eigenvalue weighted by Gasteiger charge is 2.27. The average molecular weight is 601 g/mol. The molecule has 0 heterocycles. The molecule has 4 rings (SSSR count). The molecule has 212 valence electrons. The standard InChI is InChI=1S/C24H20N6O9S2/c1-39-41(37,38)19-12-14-11-15(13-40(34,35)36)22(28-27-17-7-9-18(10-8-17)30(32)33)21(25)20(14)24(31)23(19)29-26-16-5-3-2-4-6-16/h2-12,31H,13,25H2,1H3,(H,34,35,36). The molecule has 0 bridgehead atoms. The Bertz CT molecular complexity index is 1930. The lowest BCUT2D eigenvalue weighted by Crippen LogP contribution is -2.06. The summed E-state index contributed by atoms with van der Waals surface area (Å²) in [5.74, 6) is -1.73. The van der Waals surface area contributed by atoms with E-state index in [-0.39, 0.29) is 39.1 Å². The van der Waals surface area contributed by atoms with Crippen molar-refractivity contribution in [2.45, 2.75) is 10.6 Å². The van der Waals surface area contributed by atoms with Crippen molar-refractivity contribution in [3.05, 3.63) is 82.4 Å². The quantitative estimate of drug-likeness (QED) is 0.0537. The predicted molar refractivity (Wildman–Crippen MR) is 147 cm³/mol. The SMILES string of the molecule is COS(=O)(=O)c1cc2cc(CS(=O)(=O)O)c(N=Nc3ccc([N+](=O)[O-])cc3)c(N)c2c(O)c1N=Nc1ccccc1. The number of phenols is 1. The number of fused-ring (bicyclic) bond motifs is 1. The van der Waals surface area contributed by atoms with Gasteiger partial charge in [0.25, 0.3) is 25.9 Å². The number of nitro benzene ring substituents is 1. The number of azo groups is 2. The first-order chi connectivity index (χ1) is 19.3. The van der Waals surface area contributed by atoms with Gasteiger partial charge in [0.1, 0.15) is 22.0 Å². The van der Waals surface area contributed by atoms with E-state index in [0.717, 1.165) is 19.2 Å². The Morgan fingerprint density at radius 3 is 2.05 bits per heavy atom. The molecule has 0 aliphatic carbocycles. The van der Waals surface area contributed by atoms with Crippen molar-refractivity contribution in [1.82, 2.24) is 0 Å². The molecule has 0 aromatic heterocycles. The zero-order valence-corrected chi connectivity index (χ0v) is 22.6. The molecule has 0 spiro atoms. The van der Waals surface area contributed by atoms with Gasteiger partial charge in [-0.15, -0.1) is 10.2 Å². The van der Waals surface area contributed by atoms with E-state index in [9.17, 15) is 36.6 Å². The Morgan fingerprint density at radius 1 is 0.902 bits per heavy atom. The molecule has 41 heavy (non-hydrogen) atoms. The molecule has 0 fully saturated rings. The molecule has 0 aliphatic rings. The molecule has 0 aliphatic heterocycles. The summed E-state index contributed by atoms with van der Waals surface area (Å²) in [6.45, 7) is 0. The highest BCUT2D eigenvalue weighted by atomic mass is 32.2. The van der Waals surface area contributed by atoms with Crippen LogP contribution in [0.25, 0.3) is 10.8 Å². The zero-order chi connectivity index (χ0) is 29.9. The van der Waals surface area contributed by atoms with E-state index >= 15 is 0 Å². The van der Waals surface area contributed by atoms with Crippen LogP contribution < -0.4 is 5.73 Å². The summed E-state index contributed by atoms with van der Waals surface area (Å²) < 4.78 is 63.2. The van der Waals surface area contributed by atoms with E-state index in [1.54, 1.807) is 30.3 Å². The monoisotopic (exact) mass is 600 g/mol. The average Bonchev–Trinajstić information content (AvgIpc) is 2.92. The Morgan fingerprint density at radius 2 is 1.49 bits per heavy atom. The van der Waals surface area contributed by atoms with Gasteiger partial charge in [-0.05, 0) is 47.3 Å². The summed E-state index contributed by atoms with van der Waals surface area (Å²) in [5.41, 5.74) is 5.25. The minimum absolute atomic E-state index is 0.0535. The van der Waals surface area contributed by atoms with Crippen molar-refractivity contribution in [2.75, 3.05) is 12.8 Å². The first kappa shape index (κ1) is 29.2. The number of hydrogen-bond acceptors (Lipinski definition) is 13. The zero-order valence-electron chi connectivity index (χ0n) is 20.9. The third kappa shape index (κ3) is 6.49. The number of rotatable bonds is 9. The van der Waals surface area contributed by atoms with Crippen LogP contribution in [0.5, 0.6) is 5.75 Å². The van der Waals surface area contributed by atoms with Gasteiger partial charge >= 0.3 is 0 Å². The molecule has 4 N–H and O–H groups in total. The molecule has 17 heteroatoms. The normalized spacial score (nSPS) is 12.4. The number of nitrogens with zero attached hydrogens (tertiary/aromatic N) is 5. The number of phenolic OH excluding ortho intramolecular Hbond substituents is 1. The van der Waals surface area contributed by atoms with Gasteiger partial charge in [0.15, 0.2) is 5.75 Å². The van der Waals surface area contributed by atoms with Crippen molar-refractivity contribution in [3.63, 3.8) is 0 Å². The topological polar surface area (TPSA) is 237 Å². The van der Waals surface area contributed by atoms with E-state index < -0.39 is 47.2 Å². The Hall–Kier alpha value is -4.84. The lowest BCUT2D eigenvalue weighted by atomic mass is 10.0. The molecule has 0 atom stereocenters. The summed E-state index contributed by atoms with van der Waals surface area (Å²) in [6, 6.07) is 15.3. The predicted octanol–water partition coefficient (Wildman–Crippen LogP) is 5.59. The smallest absolute Gasteiger partial charge is 0.299 e. The van der Waals surface area contributed by atoms with Crippen LogP contribution in [0.2, 0.25) is 0 Å². The first-order valence-electron chi connectivity index (χ1n) is 11.3. The highest BCUT2D eigenvalue weighted by molar-refractivity contribution is 7.87. The maximum absolute atomic E-state index is 12.7. The van der Waals surface area contributed by atoms with Gasteiger partial charge in [-0.3, -0.25) is 18.9 Å². The number of nitrogen functional groups attached to an aromatic ring is 1. The number of nitro groups is 1. The molecule has 0 unspecified atom stereocenters. The number of aromatic hydroxyl groups is 1. The second-order valence-corrected chi connectivity index (χ2v) is 11.5. The number of benzene rings is 4. The lowest BCUT2D eigenvalue weighted by Gasteiger charge is -2.15. The highest BCUT2D eigenvalue weighted by Crippen LogP contribution is 2.48. The van der Waals surface area contributed by atoms with Crippen LogP contribution in [0.15, 0.2) is 92.1 Å². The second-order valence-electron chi connectivity index (χ2n) is 8.32. The number of non-ortho nitro benzene ring substituents is 1. The number of hydrogen-bond donors (Lipinski definition) is 3. The Kier molecular flexibility index (Phi) is 8.06. The van der Waals surface area contributed by atoms with Gasteiger partial charge in [-0.1, -0.05) is 18.2 Å². The fourth-order valence-corrected chi connectivity index (χ4v) is 5.19. The van der Waals surface area contributed by atoms with E-state index in [2.05, 4.69) is 24.6 Å². The minimum Gasteiger partial charge on any atom is -0.505 e. The van der Waals surface area contributed by atoms with Crippen LogP contribution in [0, 0.1) is 10.1 Å². The summed E-state index contributed by atoms with van der Waals surface area (Å²) in [6.07, 6.45) is 0. The molecule has 0 saturated carbocycles. The molecule has 15 nitrogen and oxygen atoms in total. The molecular weight excluding hydrogens is 580 g/mol. The molecular formula is C24H20N6O9S2. The van der Waals surface area contributed by atoms with Crippen LogP contribution in [0.3, 0.4) is 0 Å². The van der Waals surface area contributed by atoms with E-state index in [4.69, 9.17) is 5.73 Å². The molecule has 0 amide bonds. The van der Waals surface area contributed by atoms with Crippen molar-refractivity contribution in [1.29, 1.82) is 0 Å². The summed E-state index contributed by atoms with van der Waals surface area (Å²) in [5, 5.41) is 37.7. The summed E-state index contributed by atoms with van der Waals surface area (Å²) in [4.78, 5) is 9.69. The van der Waals surface area contributed by atoms with Crippen LogP contribution >= 0.6 is 0 Å². The van der Waals surface area contributed by atoms with E-state index in [0.29, 0.717) is 5.69 Å². The van der Waals surface area contributed by atoms with Crippen LogP contribution in [-0.2, 0) is 30.2 Å². The third-order valence-electron chi connectivity index (χ3n) is 5.60. The number of nitrogens with two attached hydrogens (primary N) is 1. The van der Waals surface area contributed by atoms with Crippen molar-refractivity contribution in [2.24, 2.45) is 20.5 Å². The molecule has 4 aromatic rings. The van der Waals surface area contributed by atoms with Gasteiger partial charge in [0, 0.05) is 12.1 Å². The molecule has 0 saturated heterocycles. The third-order valence-corrected chi connectivity index (χ3v) is 7.57. The van der Waals surface area contributed by atoms with Crippen LogP contribution in [0.4, 0.5) is 34.1 Å². The first-order valence-corrected chi connectivity index (χ1v) is 14.3. The Balaban J connectivity index is 1.99. The van der Waals surface area contributed by atoms with Crippen molar-refractivity contribution < 1.29 is 35.6 Å². The minimum atomic E-state index is -4.66. The fraction of sp³-hybridized carbons (Fsp3) is 0.0833. The van der Waals surface area contributed by atoms with E-state index in [1.807, 2.05) is 0 Å². The molecule has 0 radical (unpaired) electrons. The van der Waals surface area contributed by atoms with Gasteiger partial charge in [0.05, 0.1) is 34.5 Å². The number of anilines is 1. The van der Waals surface area contributed by atoms with Crippen molar-refractivity contribution in [3.8, 4) is 5.75 Å².